The van der Waals surface area contributed by atoms with Crippen molar-refractivity contribution in [1.29, 1.82) is 0 Å². The highest BCUT2D eigenvalue weighted by Gasteiger charge is 2.42. The van der Waals surface area contributed by atoms with Gasteiger partial charge in [0.05, 0.1) is 23.5 Å². The molecule has 0 bridgehead atoms. The Kier molecular flexibility index (Phi) is 7.61. The second kappa shape index (κ2) is 12.8. The predicted octanol–water partition coefficient (Wildman–Crippen LogP) is 13.4. The quantitative estimate of drug-likeness (QED) is 0.177. The average Bonchev–Trinajstić information content (AvgIpc) is 3.47. The molecule has 0 fully saturated rings. The molecule has 0 saturated carbocycles. The van der Waals surface area contributed by atoms with Crippen molar-refractivity contribution in [3.05, 3.63) is 209 Å². The van der Waals surface area contributed by atoms with Gasteiger partial charge in [-0.2, -0.15) is 0 Å². The first-order chi connectivity index (χ1) is 27.5. The van der Waals surface area contributed by atoms with E-state index in [9.17, 15) is 0 Å². The van der Waals surface area contributed by atoms with Gasteiger partial charge in [0.2, 0.25) is 0 Å². The van der Waals surface area contributed by atoms with Crippen LogP contribution < -0.4 is 0 Å². The van der Waals surface area contributed by atoms with E-state index in [2.05, 4.69) is 190 Å². The summed E-state index contributed by atoms with van der Waals surface area (Å²) in [5.41, 5.74) is 16.3. The second-order valence-electron chi connectivity index (χ2n) is 16.9. The van der Waals surface area contributed by atoms with Crippen LogP contribution in [0, 0.1) is 5.92 Å². The van der Waals surface area contributed by atoms with E-state index in [4.69, 9.17) is 4.99 Å². The molecule has 56 heavy (non-hydrogen) atoms. The Hall–Kier alpha value is -5.99. The summed E-state index contributed by atoms with van der Waals surface area (Å²) < 4.78 is 0. The number of fused-ring (bicyclic) bond motifs is 6. The molecule has 0 saturated heterocycles. The third-order valence-corrected chi connectivity index (χ3v) is 13.6. The first-order valence-corrected chi connectivity index (χ1v) is 20.5. The van der Waals surface area contributed by atoms with E-state index in [0.717, 1.165) is 19.3 Å². The molecule has 11 rings (SSSR count). The number of hydrogen-bond acceptors (Lipinski definition) is 2. The fourth-order valence-corrected chi connectivity index (χ4v) is 10.8. The lowest BCUT2D eigenvalue weighted by molar-refractivity contribution is 0.363. The van der Waals surface area contributed by atoms with Gasteiger partial charge in [-0.05, 0) is 97.0 Å². The minimum atomic E-state index is -0.0747. The first kappa shape index (κ1) is 33.4. The lowest BCUT2D eigenvalue weighted by Gasteiger charge is -2.40. The monoisotopic (exact) mass is 722 g/mol. The van der Waals surface area contributed by atoms with Crippen molar-refractivity contribution in [1.82, 2.24) is 4.90 Å². The van der Waals surface area contributed by atoms with Gasteiger partial charge < -0.3 is 4.90 Å². The molecule has 2 heterocycles. The van der Waals surface area contributed by atoms with Crippen LogP contribution in [0.1, 0.15) is 78.9 Å². The minimum absolute atomic E-state index is 0.0747. The highest BCUT2D eigenvalue weighted by molar-refractivity contribution is 6.08. The molecule has 4 atom stereocenters. The van der Waals surface area contributed by atoms with Crippen molar-refractivity contribution in [2.24, 2.45) is 10.9 Å². The van der Waals surface area contributed by atoms with Crippen LogP contribution in [0.3, 0.4) is 0 Å². The van der Waals surface area contributed by atoms with Crippen LogP contribution >= 0.6 is 0 Å². The van der Waals surface area contributed by atoms with Gasteiger partial charge in [-0.3, -0.25) is 4.99 Å². The molecule has 4 unspecified atom stereocenters. The molecule has 0 spiro atoms. The second-order valence-corrected chi connectivity index (χ2v) is 16.9. The third kappa shape index (κ3) is 5.05. The third-order valence-electron chi connectivity index (χ3n) is 13.6. The lowest BCUT2D eigenvalue weighted by Crippen LogP contribution is -2.36. The SMILES string of the molecule is CN1C2=C(C=CC3CCC(c4ccc(C5C=CC6=C(C5)C(C)(C)c5cc7ccccc7c(-c7ccccc7)c56)c5ccccc45)N=C23)C=CC1c1ccccc1. The standard InChI is InChI=1S/C54H46N2/c1-54(2)46-32-39(24-27-45(46)51-47(54)33-38-18-10-11-19-41(38)50(51)35-16-8-5-9-17-35)40-28-29-44(43-21-13-12-20-42(40)43)48-30-25-36-22-23-37-26-31-49(34-14-6-4-7-15-34)56(3)53(37)52(36)55-48/h4-24,26-29,31,33,36,39,48-49H,25,30,32H2,1-3H3. The van der Waals surface area contributed by atoms with E-state index < -0.39 is 0 Å². The first-order valence-electron chi connectivity index (χ1n) is 20.5. The van der Waals surface area contributed by atoms with E-state index in [0.29, 0.717) is 11.8 Å². The topological polar surface area (TPSA) is 15.6 Å². The predicted molar refractivity (Wildman–Crippen MR) is 235 cm³/mol. The fraction of sp³-hybridized carbons (Fsp3) is 0.204. The molecule has 6 aromatic carbocycles. The molecular formula is C54H46N2. The number of allylic oxidation sites excluding steroid dienone is 9. The van der Waals surface area contributed by atoms with Crippen molar-refractivity contribution in [3.63, 3.8) is 0 Å². The summed E-state index contributed by atoms with van der Waals surface area (Å²) in [6.45, 7) is 4.90. The van der Waals surface area contributed by atoms with Crippen LogP contribution in [0.15, 0.2) is 186 Å². The Morgan fingerprint density at radius 2 is 1.29 bits per heavy atom. The Balaban J connectivity index is 0.964. The van der Waals surface area contributed by atoms with Crippen LogP contribution in [0.2, 0.25) is 0 Å². The molecular weight excluding hydrogens is 677 g/mol. The number of nitrogens with zero attached hydrogens (tertiary/aromatic N) is 2. The van der Waals surface area contributed by atoms with Gasteiger partial charge in [0.15, 0.2) is 0 Å². The van der Waals surface area contributed by atoms with E-state index in [1.807, 2.05) is 0 Å². The smallest absolute Gasteiger partial charge is 0.0759 e. The van der Waals surface area contributed by atoms with Gasteiger partial charge in [0, 0.05) is 24.3 Å². The van der Waals surface area contributed by atoms with Crippen molar-refractivity contribution in [2.45, 2.75) is 56.5 Å². The zero-order valence-corrected chi connectivity index (χ0v) is 32.4. The number of likely N-dealkylation sites (N-methyl/N-ethyl adjacent to an activating group) is 1. The summed E-state index contributed by atoms with van der Waals surface area (Å²) >= 11 is 0. The molecule has 6 aromatic rings. The zero-order chi connectivity index (χ0) is 37.5. The fourth-order valence-electron chi connectivity index (χ4n) is 10.8. The molecule has 2 nitrogen and oxygen atoms in total. The van der Waals surface area contributed by atoms with Gasteiger partial charge in [-0.25, -0.2) is 0 Å². The Morgan fingerprint density at radius 1 is 0.625 bits per heavy atom. The number of aliphatic imine (C=N–C) groups is 1. The normalized spacial score (nSPS) is 23.3. The summed E-state index contributed by atoms with van der Waals surface area (Å²) in [4.78, 5) is 8.14. The van der Waals surface area contributed by atoms with E-state index >= 15 is 0 Å². The van der Waals surface area contributed by atoms with Crippen molar-refractivity contribution >= 4 is 32.8 Å². The summed E-state index contributed by atoms with van der Waals surface area (Å²) in [5, 5.41) is 5.35. The average molecular weight is 723 g/mol. The maximum atomic E-state index is 5.68. The van der Waals surface area contributed by atoms with Crippen LogP contribution in [-0.4, -0.2) is 17.7 Å². The molecule has 2 heteroatoms. The van der Waals surface area contributed by atoms with Crippen molar-refractivity contribution in [2.75, 3.05) is 7.05 Å². The van der Waals surface area contributed by atoms with Gasteiger partial charge in [0.1, 0.15) is 0 Å². The molecule has 3 aliphatic carbocycles. The van der Waals surface area contributed by atoms with E-state index in [1.165, 1.54) is 83.0 Å². The lowest BCUT2D eigenvalue weighted by atomic mass is 9.74. The summed E-state index contributed by atoms with van der Waals surface area (Å²) in [6.07, 6.45) is 17.5. The van der Waals surface area contributed by atoms with Crippen LogP contribution in [-0.2, 0) is 5.41 Å². The number of benzene rings is 6. The van der Waals surface area contributed by atoms with Crippen LogP contribution in [0.5, 0.6) is 0 Å². The van der Waals surface area contributed by atoms with E-state index in [1.54, 1.807) is 5.57 Å². The maximum Gasteiger partial charge on any atom is 0.0759 e. The van der Waals surface area contributed by atoms with Crippen molar-refractivity contribution < 1.29 is 0 Å². The number of rotatable bonds is 4. The number of hydrogen-bond donors (Lipinski definition) is 0. The molecule has 0 radical (unpaired) electrons. The van der Waals surface area contributed by atoms with Crippen LogP contribution in [0.25, 0.3) is 38.2 Å². The van der Waals surface area contributed by atoms with Gasteiger partial charge in [-0.15, -0.1) is 0 Å². The van der Waals surface area contributed by atoms with Gasteiger partial charge >= 0.3 is 0 Å². The van der Waals surface area contributed by atoms with Gasteiger partial charge in [0.25, 0.3) is 0 Å². The summed E-state index contributed by atoms with van der Waals surface area (Å²) in [5.74, 6) is 0.654. The molecule has 0 N–H and O–H groups in total. The molecule has 0 aromatic heterocycles. The highest BCUT2D eigenvalue weighted by atomic mass is 15.2. The summed E-state index contributed by atoms with van der Waals surface area (Å²) in [7, 11) is 2.25. The molecule has 2 aliphatic heterocycles. The maximum absolute atomic E-state index is 5.68. The van der Waals surface area contributed by atoms with Crippen LogP contribution in [0.4, 0.5) is 0 Å². The molecule has 0 amide bonds. The van der Waals surface area contributed by atoms with Crippen molar-refractivity contribution in [3.8, 4) is 11.1 Å². The largest absolute Gasteiger partial charge is 0.362 e. The Labute approximate surface area is 330 Å². The summed E-state index contributed by atoms with van der Waals surface area (Å²) in [6, 6.07) is 47.6. The van der Waals surface area contributed by atoms with E-state index in [-0.39, 0.29) is 17.5 Å². The highest BCUT2D eigenvalue weighted by Crippen LogP contribution is 2.57. The minimum Gasteiger partial charge on any atom is -0.362 e. The van der Waals surface area contributed by atoms with Gasteiger partial charge in [-0.1, -0.05) is 177 Å². The Morgan fingerprint density at radius 3 is 2.09 bits per heavy atom. The zero-order valence-electron chi connectivity index (χ0n) is 32.4. The molecule has 272 valence electrons. The molecule has 5 aliphatic rings. The Bertz CT molecular complexity index is 2770.